The first kappa shape index (κ1) is 26.2. The van der Waals surface area contributed by atoms with Crippen LogP contribution >= 0.6 is 11.3 Å². The lowest BCUT2D eigenvalue weighted by Crippen LogP contribution is -2.26. The maximum absolute atomic E-state index is 12.4. The molecular weight excluding hydrogens is 487 g/mol. The van der Waals surface area contributed by atoms with Crippen molar-refractivity contribution in [1.29, 1.82) is 0 Å². The third-order valence-corrected chi connectivity index (χ3v) is 7.16. The van der Waals surface area contributed by atoms with Gasteiger partial charge in [0.15, 0.2) is 0 Å². The number of benzene rings is 1. The molecule has 0 bridgehead atoms. The highest BCUT2D eigenvalue weighted by molar-refractivity contribution is 7.87. The molecule has 0 aliphatic heterocycles. The summed E-state index contributed by atoms with van der Waals surface area (Å²) in [6.07, 6.45) is 4.13. The minimum atomic E-state index is -5.59. The Kier molecular flexibility index (Phi) is 7.49. The average molecular weight is 514 g/mol. The lowest BCUT2D eigenvalue weighted by molar-refractivity contribution is -0.0541. The Hall–Kier alpha value is -2.37. The molecule has 0 saturated carbocycles. The molecule has 0 aliphatic carbocycles. The van der Waals surface area contributed by atoms with Crippen LogP contribution in [-0.2, 0) is 32.6 Å². The summed E-state index contributed by atoms with van der Waals surface area (Å²) in [6.45, 7) is 9.37. The van der Waals surface area contributed by atoms with Gasteiger partial charge in [-0.05, 0) is 42.5 Å². The van der Waals surface area contributed by atoms with Gasteiger partial charge in [-0.2, -0.15) is 21.6 Å². The van der Waals surface area contributed by atoms with Crippen molar-refractivity contribution in [3.8, 4) is 11.4 Å². The molecule has 2 heterocycles. The molecule has 0 amide bonds. The fourth-order valence-electron chi connectivity index (χ4n) is 3.24. The van der Waals surface area contributed by atoms with Gasteiger partial charge in [0, 0.05) is 23.4 Å². The van der Waals surface area contributed by atoms with Crippen LogP contribution in [0.5, 0.6) is 0 Å². The van der Waals surface area contributed by atoms with Crippen molar-refractivity contribution in [3.05, 3.63) is 62.9 Å². The predicted molar refractivity (Wildman–Crippen MR) is 125 cm³/mol. The van der Waals surface area contributed by atoms with Crippen LogP contribution in [0.3, 0.4) is 0 Å². The smallest absolute Gasteiger partial charge is 0.263 e. The van der Waals surface area contributed by atoms with Crippen LogP contribution in [0.1, 0.15) is 53.7 Å². The van der Waals surface area contributed by atoms with Gasteiger partial charge >= 0.3 is 15.6 Å². The minimum absolute atomic E-state index is 0.0485. The van der Waals surface area contributed by atoms with Gasteiger partial charge < -0.3 is 0 Å². The normalized spacial score (nSPS) is 12.8. The first-order chi connectivity index (χ1) is 15.7. The second-order valence-electron chi connectivity index (χ2n) is 9.02. The molecular formula is C23H26F3N3O3S2. The van der Waals surface area contributed by atoms with E-state index in [2.05, 4.69) is 39.9 Å². The number of alkyl halides is 3. The van der Waals surface area contributed by atoms with Gasteiger partial charge in [-0.3, -0.25) is 14.2 Å². The van der Waals surface area contributed by atoms with E-state index < -0.39 is 22.2 Å². The number of nitrogens with zero attached hydrogens (tertiary/aromatic N) is 3. The molecule has 0 spiro atoms. The molecule has 0 atom stereocenters. The molecule has 6 nitrogen and oxygen atoms in total. The lowest BCUT2D eigenvalue weighted by Gasteiger charge is -2.16. The lowest BCUT2D eigenvalue weighted by atomic mass is 9.93. The Morgan fingerprint density at radius 2 is 1.62 bits per heavy atom. The molecule has 34 heavy (non-hydrogen) atoms. The van der Waals surface area contributed by atoms with Crippen LogP contribution in [0.25, 0.3) is 11.4 Å². The van der Waals surface area contributed by atoms with Crippen molar-refractivity contribution in [1.82, 2.24) is 15.0 Å². The summed E-state index contributed by atoms with van der Waals surface area (Å²) < 4.78 is 63.5. The van der Waals surface area contributed by atoms with Crippen molar-refractivity contribution < 1.29 is 25.8 Å². The SMILES string of the molecule is Cc1cc(Cc2nc(-c3cnc(C(C)(C)C)cn3)cs2)c(C)cc1CCOS(=O)(=O)C(F)(F)F. The molecule has 0 unspecified atom stereocenters. The van der Waals surface area contributed by atoms with Gasteiger partial charge in [-0.15, -0.1) is 11.3 Å². The molecule has 3 rings (SSSR count). The number of thiazole rings is 1. The van der Waals surface area contributed by atoms with Gasteiger partial charge in [0.05, 0.1) is 23.5 Å². The second-order valence-corrected chi connectivity index (χ2v) is 11.6. The highest BCUT2D eigenvalue weighted by Gasteiger charge is 2.47. The van der Waals surface area contributed by atoms with Gasteiger partial charge in [-0.1, -0.05) is 32.9 Å². The van der Waals surface area contributed by atoms with E-state index in [9.17, 15) is 21.6 Å². The number of aryl methyl sites for hydroxylation is 2. The largest absolute Gasteiger partial charge is 0.523 e. The number of aromatic nitrogens is 3. The van der Waals surface area contributed by atoms with E-state index in [0.717, 1.165) is 38.6 Å². The molecule has 184 valence electrons. The highest BCUT2D eigenvalue weighted by atomic mass is 32.2. The molecule has 1 aromatic carbocycles. The van der Waals surface area contributed by atoms with Crippen LogP contribution in [0.2, 0.25) is 0 Å². The summed E-state index contributed by atoms with van der Waals surface area (Å²) in [5, 5.41) is 2.83. The fraction of sp³-hybridized carbons (Fsp3) is 0.435. The first-order valence-corrected chi connectivity index (χ1v) is 12.8. The van der Waals surface area contributed by atoms with Gasteiger partial charge in [0.1, 0.15) is 11.4 Å². The molecule has 0 saturated heterocycles. The monoisotopic (exact) mass is 513 g/mol. The molecule has 0 N–H and O–H groups in total. The van der Waals surface area contributed by atoms with Crippen LogP contribution < -0.4 is 0 Å². The van der Waals surface area contributed by atoms with Crippen LogP contribution in [0.15, 0.2) is 29.9 Å². The zero-order valence-corrected chi connectivity index (χ0v) is 21.2. The summed E-state index contributed by atoms with van der Waals surface area (Å²) in [7, 11) is -5.59. The van der Waals surface area contributed by atoms with Crippen LogP contribution in [0.4, 0.5) is 13.2 Å². The molecule has 0 radical (unpaired) electrons. The summed E-state index contributed by atoms with van der Waals surface area (Å²) >= 11 is 1.51. The fourth-order valence-corrected chi connectivity index (χ4v) is 4.49. The summed E-state index contributed by atoms with van der Waals surface area (Å²) in [4.78, 5) is 13.7. The van der Waals surface area contributed by atoms with Gasteiger partial charge in [0.2, 0.25) is 0 Å². The molecule has 3 aromatic rings. The maximum atomic E-state index is 12.4. The molecule has 2 aromatic heterocycles. The Morgan fingerprint density at radius 1 is 0.971 bits per heavy atom. The number of halogens is 3. The second kappa shape index (κ2) is 9.71. The Balaban J connectivity index is 1.69. The van der Waals surface area contributed by atoms with E-state index in [1.807, 2.05) is 31.4 Å². The van der Waals surface area contributed by atoms with E-state index in [4.69, 9.17) is 0 Å². The summed E-state index contributed by atoms with van der Waals surface area (Å²) in [5.41, 5.74) is 0.384. The number of rotatable bonds is 7. The minimum Gasteiger partial charge on any atom is -0.263 e. The van der Waals surface area contributed by atoms with Crippen LogP contribution in [-0.4, -0.2) is 35.5 Å². The van der Waals surface area contributed by atoms with Crippen molar-refractivity contribution in [2.24, 2.45) is 0 Å². The topological polar surface area (TPSA) is 82.0 Å². The predicted octanol–water partition coefficient (Wildman–Crippen LogP) is 5.51. The third kappa shape index (κ3) is 6.19. The highest BCUT2D eigenvalue weighted by Crippen LogP contribution is 2.27. The number of hydrogen-bond donors (Lipinski definition) is 0. The first-order valence-electron chi connectivity index (χ1n) is 10.5. The quantitative estimate of drug-likeness (QED) is 0.306. The Morgan fingerprint density at radius 3 is 2.21 bits per heavy atom. The molecule has 11 heteroatoms. The zero-order valence-electron chi connectivity index (χ0n) is 19.5. The zero-order chi connectivity index (χ0) is 25.3. The molecule has 0 aliphatic rings. The van der Waals surface area contributed by atoms with E-state index in [-0.39, 0.29) is 11.8 Å². The van der Waals surface area contributed by atoms with Crippen molar-refractivity contribution in [3.63, 3.8) is 0 Å². The molecule has 0 fully saturated rings. The summed E-state index contributed by atoms with van der Waals surface area (Å²) in [5.74, 6) is 0. The van der Waals surface area contributed by atoms with Crippen molar-refractivity contribution in [2.75, 3.05) is 6.61 Å². The Labute approximate surface area is 201 Å². The average Bonchev–Trinajstić information content (AvgIpc) is 3.18. The van der Waals surface area contributed by atoms with Crippen LogP contribution in [0, 0.1) is 13.8 Å². The van der Waals surface area contributed by atoms with Gasteiger partial charge in [0.25, 0.3) is 0 Å². The van der Waals surface area contributed by atoms with E-state index in [1.54, 1.807) is 12.4 Å². The third-order valence-electron chi connectivity index (χ3n) is 5.26. The van der Waals surface area contributed by atoms with E-state index >= 15 is 0 Å². The van der Waals surface area contributed by atoms with E-state index in [0.29, 0.717) is 12.1 Å². The van der Waals surface area contributed by atoms with Crippen molar-refractivity contribution in [2.45, 2.75) is 58.4 Å². The van der Waals surface area contributed by atoms with E-state index in [1.165, 1.54) is 11.3 Å². The van der Waals surface area contributed by atoms with Gasteiger partial charge in [-0.25, -0.2) is 4.98 Å². The standard InChI is InChI=1S/C23H26F3N3O3S2/c1-14-9-17(15(2)8-16(14)6-7-32-34(30,31)23(24,25)26)10-21-29-19(13-33-21)18-11-28-20(12-27-18)22(3,4)5/h8-9,11-13H,6-7,10H2,1-5H3. The van der Waals surface area contributed by atoms with Crippen molar-refractivity contribution >= 4 is 21.5 Å². The summed E-state index contributed by atoms with van der Waals surface area (Å²) in [6, 6.07) is 3.79. The number of hydrogen-bond acceptors (Lipinski definition) is 7. The Bertz CT molecular complexity index is 1260. The maximum Gasteiger partial charge on any atom is 0.523 e.